The molecule has 0 aliphatic carbocycles. The quantitative estimate of drug-likeness (QED) is 0.819. The Bertz CT molecular complexity index is 545. The number of nitrogens with zero attached hydrogens (tertiary/aromatic N) is 2. The summed E-state index contributed by atoms with van der Waals surface area (Å²) >= 11 is 5.96. The highest BCUT2D eigenvalue weighted by atomic mass is 35.5. The van der Waals surface area contributed by atoms with Gasteiger partial charge in [0.2, 0.25) is 0 Å². The lowest BCUT2D eigenvalue weighted by atomic mass is 10.2. The zero-order valence-electron chi connectivity index (χ0n) is 11.6. The van der Waals surface area contributed by atoms with Crippen molar-refractivity contribution in [3.05, 3.63) is 23.2 Å². The van der Waals surface area contributed by atoms with E-state index in [0.29, 0.717) is 29.7 Å². The first-order valence-corrected chi connectivity index (χ1v) is 6.32. The van der Waals surface area contributed by atoms with E-state index < -0.39 is 0 Å². The van der Waals surface area contributed by atoms with E-state index in [1.165, 1.54) is 0 Å². The predicted molar refractivity (Wildman–Crippen MR) is 81.1 cm³/mol. The van der Waals surface area contributed by atoms with Crippen molar-refractivity contribution in [2.45, 2.75) is 6.04 Å². The molecule has 0 aliphatic heterocycles. The van der Waals surface area contributed by atoms with Gasteiger partial charge in [-0.05, 0) is 37.5 Å². The molecular weight excluding hydrogens is 303 g/mol. The standard InChI is InChI=1S/C13H17ClN2O3.ClH/c1-16(2)10(7-17-3)8-18-13-11-6-9(14)4-5-12(11)19-15-13;/h4-6,10H,7-8H2,1-3H3;1H. The van der Waals surface area contributed by atoms with Crippen LogP contribution in [0.2, 0.25) is 5.02 Å². The fourth-order valence-corrected chi connectivity index (χ4v) is 1.88. The maximum absolute atomic E-state index is 5.96. The smallest absolute Gasteiger partial charge is 0.262 e. The number of benzene rings is 1. The molecule has 2 rings (SSSR count). The van der Waals surface area contributed by atoms with Crippen molar-refractivity contribution in [2.75, 3.05) is 34.4 Å². The Kier molecular flexibility index (Phi) is 6.55. The average Bonchev–Trinajstić information content (AvgIpc) is 2.76. The second-order valence-electron chi connectivity index (χ2n) is 4.51. The molecule has 7 heteroatoms. The molecule has 20 heavy (non-hydrogen) atoms. The summed E-state index contributed by atoms with van der Waals surface area (Å²) in [5, 5.41) is 5.32. The van der Waals surface area contributed by atoms with Crippen molar-refractivity contribution in [1.82, 2.24) is 10.1 Å². The highest BCUT2D eigenvalue weighted by Gasteiger charge is 2.15. The largest absolute Gasteiger partial charge is 0.473 e. The van der Waals surface area contributed by atoms with Crippen LogP contribution in [-0.2, 0) is 4.74 Å². The normalized spacial score (nSPS) is 12.4. The third kappa shape index (κ3) is 3.99. The Labute approximate surface area is 129 Å². The number of halogens is 2. The van der Waals surface area contributed by atoms with Crippen molar-refractivity contribution in [1.29, 1.82) is 0 Å². The van der Waals surface area contributed by atoms with Gasteiger partial charge in [-0.1, -0.05) is 11.6 Å². The minimum atomic E-state index is 0. The van der Waals surface area contributed by atoms with Gasteiger partial charge in [-0.15, -0.1) is 12.4 Å². The van der Waals surface area contributed by atoms with E-state index in [2.05, 4.69) is 5.16 Å². The molecule has 0 saturated carbocycles. The van der Waals surface area contributed by atoms with Crippen LogP contribution in [0.25, 0.3) is 11.0 Å². The average molecular weight is 321 g/mol. The Morgan fingerprint density at radius 1 is 1.35 bits per heavy atom. The van der Waals surface area contributed by atoms with Crippen LogP contribution >= 0.6 is 24.0 Å². The van der Waals surface area contributed by atoms with Crippen LogP contribution in [0, 0.1) is 0 Å². The van der Waals surface area contributed by atoms with E-state index in [1.54, 1.807) is 25.3 Å². The highest BCUT2D eigenvalue weighted by Crippen LogP contribution is 2.27. The van der Waals surface area contributed by atoms with Gasteiger partial charge in [0.1, 0.15) is 6.61 Å². The Morgan fingerprint density at radius 3 is 2.75 bits per heavy atom. The van der Waals surface area contributed by atoms with E-state index in [9.17, 15) is 0 Å². The summed E-state index contributed by atoms with van der Waals surface area (Å²) in [5.74, 6) is 0.459. The maximum Gasteiger partial charge on any atom is 0.262 e. The third-order valence-electron chi connectivity index (χ3n) is 2.90. The Hall–Kier alpha value is -1.01. The number of hydrogen-bond acceptors (Lipinski definition) is 5. The van der Waals surface area contributed by atoms with Gasteiger partial charge in [0.05, 0.1) is 18.0 Å². The SMILES string of the molecule is COCC(COc1noc2ccc(Cl)cc12)N(C)C.Cl. The fraction of sp³-hybridized carbons (Fsp3) is 0.462. The van der Waals surface area contributed by atoms with Crippen LogP contribution in [0.5, 0.6) is 5.88 Å². The molecule has 2 aromatic rings. The number of fused-ring (bicyclic) bond motifs is 1. The zero-order chi connectivity index (χ0) is 13.8. The summed E-state index contributed by atoms with van der Waals surface area (Å²) in [6.07, 6.45) is 0. The summed E-state index contributed by atoms with van der Waals surface area (Å²) in [6, 6.07) is 5.46. The molecule has 1 aromatic heterocycles. The molecular formula is C13H18Cl2N2O3. The number of aromatic nitrogens is 1. The highest BCUT2D eigenvalue weighted by molar-refractivity contribution is 6.31. The minimum absolute atomic E-state index is 0. The number of methoxy groups -OCH3 is 1. The van der Waals surface area contributed by atoms with Gasteiger partial charge >= 0.3 is 0 Å². The first-order chi connectivity index (χ1) is 9.11. The lowest BCUT2D eigenvalue weighted by Crippen LogP contribution is -2.37. The molecule has 0 spiro atoms. The van der Waals surface area contributed by atoms with Gasteiger partial charge in [-0.2, -0.15) is 0 Å². The van der Waals surface area contributed by atoms with Crippen LogP contribution in [-0.4, -0.2) is 50.5 Å². The van der Waals surface area contributed by atoms with E-state index >= 15 is 0 Å². The number of rotatable bonds is 6. The monoisotopic (exact) mass is 320 g/mol. The van der Waals surface area contributed by atoms with E-state index in [-0.39, 0.29) is 18.4 Å². The van der Waals surface area contributed by atoms with Gasteiger partial charge in [-0.25, -0.2) is 0 Å². The van der Waals surface area contributed by atoms with Gasteiger partial charge in [-0.3, -0.25) is 0 Å². The van der Waals surface area contributed by atoms with Gasteiger partial charge in [0.25, 0.3) is 5.88 Å². The predicted octanol–water partition coefficient (Wildman–Crippen LogP) is 2.86. The summed E-state index contributed by atoms with van der Waals surface area (Å²) in [6.45, 7) is 1.05. The first kappa shape index (κ1) is 17.0. The number of hydrogen-bond donors (Lipinski definition) is 0. The lowest BCUT2D eigenvalue weighted by molar-refractivity contribution is 0.0846. The summed E-state index contributed by atoms with van der Waals surface area (Å²) in [4.78, 5) is 2.04. The van der Waals surface area contributed by atoms with Crippen molar-refractivity contribution >= 4 is 35.0 Å². The van der Waals surface area contributed by atoms with Crippen molar-refractivity contribution < 1.29 is 14.0 Å². The van der Waals surface area contributed by atoms with E-state index in [4.69, 9.17) is 25.6 Å². The molecule has 0 aliphatic rings. The molecule has 0 fully saturated rings. The van der Waals surface area contributed by atoms with Crippen molar-refractivity contribution in [2.24, 2.45) is 0 Å². The molecule has 0 amide bonds. The molecule has 1 unspecified atom stereocenters. The van der Waals surface area contributed by atoms with Crippen LogP contribution in [0.1, 0.15) is 0 Å². The third-order valence-corrected chi connectivity index (χ3v) is 3.14. The summed E-state index contributed by atoms with van der Waals surface area (Å²) < 4.78 is 16.0. The van der Waals surface area contributed by atoms with Crippen LogP contribution < -0.4 is 4.74 Å². The molecule has 0 N–H and O–H groups in total. The zero-order valence-corrected chi connectivity index (χ0v) is 13.2. The second kappa shape index (κ2) is 7.69. The fourth-order valence-electron chi connectivity index (χ4n) is 1.71. The molecule has 0 radical (unpaired) electrons. The van der Waals surface area contributed by atoms with Crippen molar-refractivity contribution in [3.8, 4) is 5.88 Å². The van der Waals surface area contributed by atoms with Gasteiger partial charge in [0, 0.05) is 12.1 Å². The number of likely N-dealkylation sites (N-methyl/N-ethyl adjacent to an activating group) is 1. The topological polar surface area (TPSA) is 47.7 Å². The lowest BCUT2D eigenvalue weighted by Gasteiger charge is -2.22. The molecule has 5 nitrogen and oxygen atoms in total. The molecule has 1 aromatic carbocycles. The summed E-state index contributed by atoms with van der Waals surface area (Å²) in [7, 11) is 5.62. The maximum atomic E-state index is 5.96. The van der Waals surface area contributed by atoms with Crippen LogP contribution in [0.4, 0.5) is 0 Å². The Morgan fingerprint density at radius 2 is 2.10 bits per heavy atom. The minimum Gasteiger partial charge on any atom is -0.473 e. The first-order valence-electron chi connectivity index (χ1n) is 5.95. The van der Waals surface area contributed by atoms with Crippen LogP contribution in [0.3, 0.4) is 0 Å². The molecule has 0 saturated heterocycles. The van der Waals surface area contributed by atoms with E-state index in [0.717, 1.165) is 5.39 Å². The molecule has 1 heterocycles. The molecule has 1 atom stereocenters. The van der Waals surface area contributed by atoms with E-state index in [1.807, 2.05) is 19.0 Å². The Balaban J connectivity index is 0.00000200. The van der Waals surface area contributed by atoms with Gasteiger partial charge < -0.3 is 18.9 Å². The van der Waals surface area contributed by atoms with Crippen molar-refractivity contribution in [3.63, 3.8) is 0 Å². The summed E-state index contributed by atoms with van der Waals surface area (Å²) in [5.41, 5.74) is 0.660. The van der Waals surface area contributed by atoms with Gasteiger partial charge in [0.15, 0.2) is 5.58 Å². The molecule has 112 valence electrons. The second-order valence-corrected chi connectivity index (χ2v) is 4.95. The molecule has 0 bridgehead atoms. The number of ether oxygens (including phenoxy) is 2. The van der Waals surface area contributed by atoms with Crippen LogP contribution in [0.15, 0.2) is 22.7 Å².